The lowest BCUT2D eigenvalue weighted by Gasteiger charge is -2.24. The van der Waals surface area contributed by atoms with Gasteiger partial charge in [-0.2, -0.15) is 0 Å². The van der Waals surface area contributed by atoms with Gasteiger partial charge in [0.05, 0.1) is 12.5 Å². The number of oxime groups is 1. The minimum absolute atomic E-state index is 0.0523. The molecule has 3 rings (SSSR count). The third-order valence-corrected chi connectivity index (χ3v) is 5.38. The van der Waals surface area contributed by atoms with E-state index in [-0.39, 0.29) is 24.5 Å². The number of benzene rings is 1. The fraction of sp³-hybridized carbons (Fsp3) is 0.421. The Labute approximate surface area is 166 Å². The Balaban J connectivity index is 1.64. The van der Waals surface area contributed by atoms with Crippen LogP contribution >= 0.6 is 15.9 Å². The average molecular weight is 436 g/mol. The van der Waals surface area contributed by atoms with Crippen LogP contribution in [0.4, 0.5) is 4.79 Å². The Kier molecular flexibility index (Phi) is 6.49. The predicted octanol–water partition coefficient (Wildman–Crippen LogP) is 2.47. The smallest absolute Gasteiger partial charge is 0.408 e. The number of rotatable bonds is 7. The van der Waals surface area contributed by atoms with Gasteiger partial charge in [-0.3, -0.25) is 4.79 Å². The van der Waals surface area contributed by atoms with Gasteiger partial charge in [0.15, 0.2) is 6.10 Å². The van der Waals surface area contributed by atoms with Gasteiger partial charge in [0.1, 0.15) is 17.3 Å². The van der Waals surface area contributed by atoms with E-state index in [1.54, 1.807) is 4.90 Å². The highest BCUT2D eigenvalue weighted by Gasteiger charge is 2.44. The summed E-state index contributed by atoms with van der Waals surface area (Å²) < 4.78 is 5.71. The zero-order valence-electron chi connectivity index (χ0n) is 14.8. The van der Waals surface area contributed by atoms with E-state index in [0.29, 0.717) is 25.9 Å². The molecule has 144 valence electrons. The Hall–Kier alpha value is -2.35. The number of alkyl carbamates (subject to hydrolysis) is 1. The predicted molar refractivity (Wildman–Crippen MR) is 105 cm³/mol. The van der Waals surface area contributed by atoms with Crippen molar-refractivity contribution >= 4 is 32.6 Å². The van der Waals surface area contributed by atoms with E-state index in [2.05, 4.69) is 33.0 Å². The van der Waals surface area contributed by atoms with Crippen molar-refractivity contribution in [2.24, 2.45) is 11.1 Å². The van der Waals surface area contributed by atoms with Gasteiger partial charge >= 0.3 is 6.09 Å². The number of carbonyl (C=O) groups excluding carboxylic acids is 2. The summed E-state index contributed by atoms with van der Waals surface area (Å²) in [4.78, 5) is 32.1. The lowest BCUT2D eigenvalue weighted by molar-refractivity contribution is -0.133. The highest BCUT2D eigenvalue weighted by atomic mass is 79.9. The van der Waals surface area contributed by atoms with Gasteiger partial charge in [0, 0.05) is 6.54 Å². The maximum absolute atomic E-state index is 13.0. The molecule has 2 heterocycles. The summed E-state index contributed by atoms with van der Waals surface area (Å²) in [6.07, 6.45) is 1.87. The summed E-state index contributed by atoms with van der Waals surface area (Å²) in [7, 11) is 0. The molecule has 2 aliphatic rings. The number of hydrogen-bond donors (Lipinski definition) is 1. The van der Waals surface area contributed by atoms with Crippen molar-refractivity contribution in [2.45, 2.75) is 25.0 Å². The lowest BCUT2D eigenvalue weighted by atomic mass is 10.0. The van der Waals surface area contributed by atoms with Gasteiger partial charge in [-0.1, -0.05) is 48.1 Å². The van der Waals surface area contributed by atoms with E-state index >= 15 is 0 Å². The van der Waals surface area contributed by atoms with Crippen LogP contribution in [0, 0.1) is 5.92 Å². The van der Waals surface area contributed by atoms with E-state index in [9.17, 15) is 9.59 Å². The zero-order valence-corrected chi connectivity index (χ0v) is 16.4. The molecule has 0 aliphatic carbocycles. The highest BCUT2D eigenvalue weighted by molar-refractivity contribution is 9.18. The van der Waals surface area contributed by atoms with Gasteiger partial charge in [0.2, 0.25) is 5.91 Å². The molecule has 1 aromatic rings. The number of nitrogens with one attached hydrogen (secondary N) is 1. The van der Waals surface area contributed by atoms with Crippen molar-refractivity contribution in [2.75, 3.05) is 19.7 Å². The van der Waals surface area contributed by atoms with Crippen LogP contribution < -0.4 is 5.32 Å². The molecule has 1 aromatic carbocycles. The molecule has 0 spiro atoms. The zero-order chi connectivity index (χ0) is 19.2. The maximum Gasteiger partial charge on any atom is 0.408 e. The van der Waals surface area contributed by atoms with Crippen LogP contribution in [0.25, 0.3) is 0 Å². The molecule has 0 radical (unpaired) electrons. The second kappa shape index (κ2) is 9.03. The van der Waals surface area contributed by atoms with Gasteiger partial charge in [0.25, 0.3) is 0 Å². The fourth-order valence-electron chi connectivity index (χ4n) is 3.23. The summed E-state index contributed by atoms with van der Waals surface area (Å²) in [6, 6.07) is 9.18. The van der Waals surface area contributed by atoms with Crippen molar-refractivity contribution in [3.8, 4) is 0 Å². The minimum Gasteiger partial charge on any atom is -0.445 e. The molecule has 0 bridgehead atoms. The van der Waals surface area contributed by atoms with Crippen molar-refractivity contribution < 1.29 is 19.2 Å². The van der Waals surface area contributed by atoms with Crippen molar-refractivity contribution in [3.63, 3.8) is 0 Å². The first-order valence-electron chi connectivity index (χ1n) is 8.84. The van der Waals surface area contributed by atoms with Crippen LogP contribution in [-0.4, -0.2) is 53.4 Å². The quantitative estimate of drug-likeness (QED) is 0.667. The topological polar surface area (TPSA) is 80.2 Å². The number of hydrogen-bond acceptors (Lipinski definition) is 5. The third kappa shape index (κ3) is 4.88. The molecule has 1 N–H and O–H groups in total. The average Bonchev–Trinajstić information content (AvgIpc) is 3.26. The molecule has 7 nitrogen and oxygen atoms in total. The largest absolute Gasteiger partial charge is 0.445 e. The number of amides is 2. The first kappa shape index (κ1) is 19.4. The molecular formula is C19H22BrN3O4. The molecule has 8 heteroatoms. The molecule has 0 aromatic heterocycles. The summed E-state index contributed by atoms with van der Waals surface area (Å²) in [5.74, 6) is -0.0868. The number of likely N-dealkylation sites (tertiary alicyclic amines) is 1. The van der Waals surface area contributed by atoms with Gasteiger partial charge in [-0.05, 0) is 34.3 Å². The molecule has 2 aliphatic heterocycles. The first-order chi connectivity index (χ1) is 13.1. The monoisotopic (exact) mass is 435 g/mol. The number of ether oxygens (including phenoxy) is 1. The van der Waals surface area contributed by atoms with Crippen LogP contribution in [0.1, 0.15) is 12.0 Å². The molecule has 0 saturated carbocycles. The molecule has 2 unspecified atom stereocenters. The van der Waals surface area contributed by atoms with Gasteiger partial charge < -0.3 is 19.8 Å². The van der Waals surface area contributed by atoms with Crippen LogP contribution in [0.3, 0.4) is 0 Å². The third-order valence-electron chi connectivity index (χ3n) is 4.65. The summed E-state index contributed by atoms with van der Waals surface area (Å²) in [5.41, 5.74) is 1.10. The second-order valence-electron chi connectivity index (χ2n) is 6.52. The Bertz CT molecular complexity index is 725. The standard InChI is InChI=1S/C19H22BrN3O4/c1-2-10-26-19(25)21-15(9-8-13-6-4-3-5-7-13)18(24)23-11-14-16(12-23)27-22-17(14)20/h2-7,14-16H,1,8-12H2,(H,21,25)/t14?,15-,16?/m0/s1. The second-order valence-corrected chi connectivity index (χ2v) is 7.33. The summed E-state index contributed by atoms with van der Waals surface area (Å²) >= 11 is 3.38. The Morgan fingerprint density at radius 3 is 2.89 bits per heavy atom. The van der Waals surface area contributed by atoms with E-state index in [0.717, 1.165) is 10.2 Å². The van der Waals surface area contributed by atoms with E-state index in [4.69, 9.17) is 9.57 Å². The number of halogens is 1. The van der Waals surface area contributed by atoms with Crippen LogP contribution in [0.2, 0.25) is 0 Å². The molecular weight excluding hydrogens is 414 g/mol. The van der Waals surface area contributed by atoms with E-state index < -0.39 is 12.1 Å². The normalized spacial score (nSPS) is 21.7. The van der Waals surface area contributed by atoms with Crippen LogP contribution in [-0.2, 0) is 20.8 Å². The highest BCUT2D eigenvalue weighted by Crippen LogP contribution is 2.30. The van der Waals surface area contributed by atoms with Crippen molar-refractivity contribution in [1.82, 2.24) is 10.2 Å². The van der Waals surface area contributed by atoms with E-state index in [1.807, 2.05) is 30.3 Å². The molecule has 27 heavy (non-hydrogen) atoms. The van der Waals surface area contributed by atoms with Gasteiger partial charge in [-0.15, -0.1) is 0 Å². The van der Waals surface area contributed by atoms with Crippen molar-refractivity contribution in [3.05, 3.63) is 48.6 Å². The molecule has 1 fully saturated rings. The van der Waals surface area contributed by atoms with Gasteiger partial charge in [-0.25, -0.2) is 4.79 Å². The molecule has 2 amide bonds. The van der Waals surface area contributed by atoms with Crippen LogP contribution in [0.15, 0.2) is 48.1 Å². The Morgan fingerprint density at radius 1 is 1.41 bits per heavy atom. The summed E-state index contributed by atoms with van der Waals surface area (Å²) in [6.45, 7) is 4.57. The van der Waals surface area contributed by atoms with Crippen molar-refractivity contribution in [1.29, 1.82) is 0 Å². The SMILES string of the molecule is C=CCOC(=O)N[C@@H](CCc1ccccc1)C(=O)N1CC2ON=C(Br)C2C1. The molecule has 1 saturated heterocycles. The van der Waals surface area contributed by atoms with E-state index in [1.165, 1.54) is 6.08 Å². The fourth-order valence-corrected chi connectivity index (χ4v) is 3.75. The molecule has 3 atom stereocenters. The number of carbonyl (C=O) groups is 2. The lowest BCUT2D eigenvalue weighted by Crippen LogP contribution is -2.48. The number of aryl methyl sites for hydroxylation is 1. The minimum atomic E-state index is -0.669. The first-order valence-corrected chi connectivity index (χ1v) is 9.64. The summed E-state index contributed by atoms with van der Waals surface area (Å²) in [5, 5.41) is 6.61. The van der Waals surface area contributed by atoms with Crippen LogP contribution in [0.5, 0.6) is 0 Å². The number of fused-ring (bicyclic) bond motifs is 1. The maximum atomic E-state index is 13.0. The Morgan fingerprint density at radius 2 is 2.19 bits per heavy atom. The number of nitrogens with zero attached hydrogens (tertiary/aromatic N) is 2.